The average Bonchev–Trinajstić information content (AvgIpc) is 2.05. The van der Waals surface area contributed by atoms with Crippen LogP contribution in [0.1, 0.15) is 5.56 Å². The third-order valence-corrected chi connectivity index (χ3v) is 1.73. The van der Waals surface area contributed by atoms with E-state index in [0.29, 0.717) is 0 Å². The highest BCUT2D eigenvalue weighted by Crippen LogP contribution is 2.01. The molecule has 0 fully saturated rings. The molecule has 56 valence electrons. The van der Waals surface area contributed by atoms with Gasteiger partial charge in [0.25, 0.3) is 0 Å². The summed E-state index contributed by atoms with van der Waals surface area (Å²) >= 11 is 0. The molecule has 0 radical (unpaired) electrons. The van der Waals surface area contributed by atoms with E-state index in [-0.39, 0.29) is 10.5 Å². The summed E-state index contributed by atoms with van der Waals surface area (Å²) < 4.78 is 20.7. The van der Waals surface area contributed by atoms with Gasteiger partial charge in [0.2, 0.25) is 0 Å². The summed E-state index contributed by atoms with van der Waals surface area (Å²) in [5, 5.41) is 8.36. The highest BCUT2D eigenvalue weighted by Gasteiger charge is 1.96. The monoisotopic (exact) mass is 168 g/mol. The molecule has 0 amide bonds. The molecule has 0 aromatic carbocycles. The Morgan fingerprint density at radius 2 is 2.18 bits per heavy atom. The molecule has 1 aromatic rings. The summed E-state index contributed by atoms with van der Waals surface area (Å²) in [5.41, 5.74) is 0.252. The highest BCUT2D eigenvalue weighted by atomic mass is 32.2. The number of hydrogen-bond donors (Lipinski definition) is 1. The van der Waals surface area contributed by atoms with E-state index in [0.717, 1.165) is 0 Å². The largest absolute Gasteiger partial charge is 0.262 e. The Hall–Kier alpha value is -1.41. The first-order valence-corrected chi connectivity index (χ1v) is 3.91. The van der Waals surface area contributed by atoms with Crippen LogP contribution in [0.25, 0.3) is 0 Å². The zero-order chi connectivity index (χ0) is 8.27. The topological polar surface area (TPSA) is 70.8 Å². The van der Waals surface area contributed by atoms with E-state index in [2.05, 4.69) is 4.98 Å². The standard InChI is InChI=1S/C6H4N2O2S/c7-2-5-1-6(11(9)10)4-8-3-5/h1,3-4,11H. The van der Waals surface area contributed by atoms with E-state index in [1.165, 1.54) is 18.5 Å². The molecule has 0 aliphatic carbocycles. The number of thiol groups is 1. The minimum Gasteiger partial charge on any atom is -0.262 e. The molecule has 1 heterocycles. The van der Waals surface area contributed by atoms with E-state index < -0.39 is 10.7 Å². The van der Waals surface area contributed by atoms with Crippen LogP contribution < -0.4 is 0 Å². The zero-order valence-electron chi connectivity index (χ0n) is 5.39. The third-order valence-electron chi connectivity index (χ3n) is 1.06. The van der Waals surface area contributed by atoms with Gasteiger partial charge in [-0.15, -0.1) is 0 Å². The van der Waals surface area contributed by atoms with Crippen molar-refractivity contribution in [3.8, 4) is 6.07 Å². The lowest BCUT2D eigenvalue weighted by Crippen LogP contribution is -1.84. The second kappa shape index (κ2) is 3.12. The normalized spacial score (nSPS) is 9.45. The molecular formula is C6H4N2O2S. The van der Waals surface area contributed by atoms with Crippen molar-refractivity contribution in [1.29, 1.82) is 5.26 Å². The minimum atomic E-state index is -2.63. The van der Waals surface area contributed by atoms with Crippen molar-refractivity contribution in [2.45, 2.75) is 4.90 Å². The van der Waals surface area contributed by atoms with Crippen LogP contribution in [-0.4, -0.2) is 13.4 Å². The van der Waals surface area contributed by atoms with E-state index in [1.807, 2.05) is 0 Å². The molecule has 11 heavy (non-hydrogen) atoms. The Kier molecular flexibility index (Phi) is 2.18. The lowest BCUT2D eigenvalue weighted by atomic mass is 10.3. The van der Waals surface area contributed by atoms with Crippen molar-refractivity contribution >= 4 is 10.7 Å². The fraction of sp³-hybridized carbons (Fsp3) is 0. The quantitative estimate of drug-likeness (QED) is 0.595. The summed E-state index contributed by atoms with van der Waals surface area (Å²) in [6, 6.07) is 3.07. The van der Waals surface area contributed by atoms with Crippen molar-refractivity contribution in [1.82, 2.24) is 4.98 Å². The van der Waals surface area contributed by atoms with Gasteiger partial charge in [0, 0.05) is 12.4 Å². The van der Waals surface area contributed by atoms with Crippen molar-refractivity contribution in [2.75, 3.05) is 0 Å². The Labute approximate surface area is 65.1 Å². The van der Waals surface area contributed by atoms with Gasteiger partial charge in [-0.3, -0.25) is 4.98 Å². The van der Waals surface area contributed by atoms with Gasteiger partial charge >= 0.3 is 0 Å². The summed E-state index contributed by atoms with van der Waals surface area (Å²) in [4.78, 5) is 3.64. The molecule has 0 unspecified atom stereocenters. The van der Waals surface area contributed by atoms with Crippen LogP contribution in [-0.2, 0) is 10.7 Å². The van der Waals surface area contributed by atoms with Gasteiger partial charge in [-0.05, 0) is 6.07 Å². The van der Waals surface area contributed by atoms with E-state index in [4.69, 9.17) is 5.26 Å². The second-order valence-electron chi connectivity index (χ2n) is 1.80. The number of hydrogen-bond acceptors (Lipinski definition) is 4. The van der Waals surface area contributed by atoms with Gasteiger partial charge < -0.3 is 0 Å². The molecule has 0 saturated carbocycles. The smallest absolute Gasteiger partial charge is 0.169 e. The molecule has 0 atom stereocenters. The molecule has 4 nitrogen and oxygen atoms in total. The molecular weight excluding hydrogens is 164 g/mol. The van der Waals surface area contributed by atoms with Crippen LogP contribution >= 0.6 is 0 Å². The minimum absolute atomic E-state index is 0.0686. The maximum atomic E-state index is 10.4. The van der Waals surface area contributed by atoms with Gasteiger partial charge in [-0.25, -0.2) is 8.42 Å². The number of nitrogens with zero attached hydrogens (tertiary/aromatic N) is 2. The molecule has 1 rings (SSSR count). The Balaban J connectivity index is 3.24. The van der Waals surface area contributed by atoms with Crippen molar-refractivity contribution in [3.63, 3.8) is 0 Å². The van der Waals surface area contributed by atoms with Gasteiger partial charge in [0.1, 0.15) is 6.07 Å². The summed E-state index contributed by atoms with van der Waals surface area (Å²) in [5.74, 6) is 0. The van der Waals surface area contributed by atoms with Crippen LogP contribution in [0.2, 0.25) is 0 Å². The van der Waals surface area contributed by atoms with Crippen molar-refractivity contribution < 1.29 is 8.42 Å². The van der Waals surface area contributed by atoms with Gasteiger partial charge in [0.15, 0.2) is 10.7 Å². The predicted molar refractivity (Wildman–Crippen MR) is 37.5 cm³/mol. The third kappa shape index (κ3) is 1.75. The first kappa shape index (κ1) is 7.69. The molecule has 0 spiro atoms. The number of rotatable bonds is 1. The molecule has 0 aliphatic heterocycles. The van der Waals surface area contributed by atoms with Crippen LogP contribution in [0.15, 0.2) is 23.4 Å². The van der Waals surface area contributed by atoms with Gasteiger partial charge in [-0.2, -0.15) is 5.26 Å². The Morgan fingerprint density at radius 3 is 2.73 bits per heavy atom. The number of pyridine rings is 1. The van der Waals surface area contributed by atoms with Crippen LogP contribution in [0.5, 0.6) is 0 Å². The maximum absolute atomic E-state index is 10.4. The highest BCUT2D eigenvalue weighted by molar-refractivity contribution is 7.72. The van der Waals surface area contributed by atoms with Crippen LogP contribution in [0, 0.1) is 11.3 Å². The lowest BCUT2D eigenvalue weighted by Gasteiger charge is -1.88. The Bertz CT molecular complexity index is 370. The van der Waals surface area contributed by atoms with E-state index in [9.17, 15) is 8.42 Å². The molecule has 0 N–H and O–H groups in total. The first-order valence-electron chi connectivity index (χ1n) is 2.73. The number of nitriles is 1. The first-order chi connectivity index (χ1) is 5.24. The van der Waals surface area contributed by atoms with Crippen molar-refractivity contribution in [3.05, 3.63) is 24.0 Å². The lowest BCUT2D eigenvalue weighted by molar-refractivity contribution is 0.614. The average molecular weight is 168 g/mol. The number of aromatic nitrogens is 1. The zero-order valence-corrected chi connectivity index (χ0v) is 6.28. The molecule has 0 bridgehead atoms. The molecule has 0 saturated heterocycles. The second-order valence-corrected chi connectivity index (χ2v) is 2.83. The fourth-order valence-corrected chi connectivity index (χ4v) is 0.994. The molecule has 5 heteroatoms. The van der Waals surface area contributed by atoms with Crippen molar-refractivity contribution in [2.24, 2.45) is 0 Å². The summed E-state index contributed by atoms with van der Waals surface area (Å²) in [6.07, 6.45) is 2.51. The van der Waals surface area contributed by atoms with Crippen LogP contribution in [0.4, 0.5) is 0 Å². The maximum Gasteiger partial charge on any atom is 0.169 e. The van der Waals surface area contributed by atoms with E-state index >= 15 is 0 Å². The SMILES string of the molecule is N#Cc1cncc([SH](=O)=O)c1. The Morgan fingerprint density at radius 1 is 1.45 bits per heavy atom. The van der Waals surface area contributed by atoms with Gasteiger partial charge in [-0.1, -0.05) is 0 Å². The fourth-order valence-electron chi connectivity index (χ4n) is 0.589. The molecule has 1 aromatic heterocycles. The summed E-state index contributed by atoms with van der Waals surface area (Å²) in [7, 11) is -2.63. The summed E-state index contributed by atoms with van der Waals surface area (Å²) in [6.45, 7) is 0. The predicted octanol–water partition coefficient (Wildman–Crippen LogP) is -0.0764. The molecule has 0 aliphatic rings. The van der Waals surface area contributed by atoms with Crippen LogP contribution in [0.3, 0.4) is 0 Å². The van der Waals surface area contributed by atoms with Gasteiger partial charge in [0.05, 0.1) is 10.5 Å². The van der Waals surface area contributed by atoms with E-state index in [1.54, 1.807) is 6.07 Å².